The lowest BCUT2D eigenvalue weighted by molar-refractivity contribution is 0.0516. The summed E-state index contributed by atoms with van der Waals surface area (Å²) in [6, 6.07) is 7.12. The number of ether oxygens (including phenoxy) is 1. The number of nitrogens with one attached hydrogen (secondary N) is 1. The maximum Gasteiger partial charge on any atom is 0.356 e. The van der Waals surface area contributed by atoms with E-state index in [1.165, 1.54) is 18.2 Å². The fraction of sp³-hybridized carbons (Fsp3) is 0.211. The smallest absolute Gasteiger partial charge is 0.356 e. The summed E-state index contributed by atoms with van der Waals surface area (Å²) in [6.45, 7) is 5.22. The number of benzene rings is 2. The van der Waals surface area contributed by atoms with Crippen molar-refractivity contribution in [3.05, 3.63) is 58.0 Å². The Morgan fingerprint density at radius 1 is 1.15 bits per heavy atom. The molecule has 0 saturated heterocycles. The molecule has 0 unspecified atom stereocenters. The Bertz CT molecular complexity index is 1150. The summed E-state index contributed by atoms with van der Waals surface area (Å²) < 4.78 is 45.6. The van der Waals surface area contributed by atoms with Gasteiger partial charge in [0.15, 0.2) is 0 Å². The van der Waals surface area contributed by atoms with Gasteiger partial charge < -0.3 is 9.72 Å². The maximum atomic E-state index is 13.8. The Morgan fingerprint density at radius 2 is 1.78 bits per heavy atom. The zero-order valence-corrected chi connectivity index (χ0v) is 16.5. The van der Waals surface area contributed by atoms with E-state index in [0.29, 0.717) is 0 Å². The minimum atomic E-state index is -4.10. The second-order valence-electron chi connectivity index (χ2n) is 6.19. The van der Waals surface area contributed by atoms with Gasteiger partial charge in [-0.05, 0) is 56.2 Å². The molecule has 2 aromatic carbocycles. The van der Waals surface area contributed by atoms with Gasteiger partial charge in [0.05, 0.1) is 22.0 Å². The third-order valence-corrected chi connectivity index (χ3v) is 6.15. The van der Waals surface area contributed by atoms with Crippen molar-refractivity contribution in [3.8, 4) is 0 Å². The Balaban J connectivity index is 2.38. The highest BCUT2D eigenvalue weighted by atomic mass is 35.5. The first-order valence-corrected chi connectivity index (χ1v) is 10.0. The normalized spacial score (nSPS) is 11.7. The SMILES string of the molecule is CCOC(=O)c1[nH]c2cc(F)c(Cl)cc2c1S(=O)(=O)c1cc(C)cc(C)c1. The molecule has 0 spiro atoms. The van der Waals surface area contributed by atoms with Crippen LogP contribution in [0.1, 0.15) is 28.5 Å². The molecule has 0 fully saturated rings. The number of carbonyl (C=O) groups is 1. The molecule has 0 radical (unpaired) electrons. The molecule has 0 saturated carbocycles. The second kappa shape index (κ2) is 6.98. The van der Waals surface area contributed by atoms with Crippen molar-refractivity contribution in [3.63, 3.8) is 0 Å². The van der Waals surface area contributed by atoms with Gasteiger partial charge in [-0.15, -0.1) is 0 Å². The molecule has 3 rings (SSSR count). The monoisotopic (exact) mass is 409 g/mol. The lowest BCUT2D eigenvalue weighted by atomic mass is 10.2. The topological polar surface area (TPSA) is 76.2 Å². The number of hydrogen-bond acceptors (Lipinski definition) is 4. The third kappa shape index (κ3) is 3.44. The molecule has 3 aromatic rings. The fourth-order valence-corrected chi connectivity index (χ4v) is 4.94. The Labute approximate surface area is 161 Å². The Hall–Kier alpha value is -2.38. The second-order valence-corrected chi connectivity index (χ2v) is 8.48. The molecule has 5 nitrogen and oxygen atoms in total. The van der Waals surface area contributed by atoms with Gasteiger partial charge in [0, 0.05) is 5.39 Å². The molecule has 8 heteroatoms. The van der Waals surface area contributed by atoms with Crippen molar-refractivity contribution < 1.29 is 22.3 Å². The van der Waals surface area contributed by atoms with Crippen LogP contribution in [0.2, 0.25) is 5.02 Å². The molecule has 0 aliphatic heterocycles. The number of carbonyl (C=O) groups excluding carboxylic acids is 1. The molecule has 0 atom stereocenters. The van der Waals surface area contributed by atoms with Gasteiger partial charge in [0.2, 0.25) is 9.84 Å². The number of esters is 1. The highest BCUT2D eigenvalue weighted by molar-refractivity contribution is 7.91. The highest BCUT2D eigenvalue weighted by Crippen LogP contribution is 2.35. The van der Waals surface area contributed by atoms with Crippen molar-refractivity contribution in [1.82, 2.24) is 4.98 Å². The van der Waals surface area contributed by atoms with E-state index in [-0.39, 0.29) is 38.0 Å². The number of halogens is 2. The molecule has 142 valence electrons. The van der Waals surface area contributed by atoms with Gasteiger partial charge in [-0.2, -0.15) is 0 Å². The summed E-state index contributed by atoms with van der Waals surface area (Å²) in [5.74, 6) is -1.57. The van der Waals surface area contributed by atoms with Gasteiger partial charge in [-0.3, -0.25) is 0 Å². The average molecular weight is 410 g/mol. The minimum absolute atomic E-state index is 0.0342. The van der Waals surface area contributed by atoms with Crippen molar-refractivity contribution in [2.45, 2.75) is 30.6 Å². The molecule has 1 N–H and O–H groups in total. The molecule has 0 aliphatic rings. The molecule has 1 aromatic heterocycles. The van der Waals surface area contributed by atoms with Crippen LogP contribution in [0.5, 0.6) is 0 Å². The van der Waals surface area contributed by atoms with Gasteiger partial charge >= 0.3 is 5.97 Å². The van der Waals surface area contributed by atoms with Crippen molar-refractivity contribution in [2.24, 2.45) is 0 Å². The largest absolute Gasteiger partial charge is 0.461 e. The summed E-state index contributed by atoms with van der Waals surface area (Å²) in [5, 5.41) is -0.114. The van der Waals surface area contributed by atoms with E-state index in [1.807, 2.05) is 6.07 Å². The standard InChI is InChI=1S/C19H17ClFNO4S/c1-4-26-19(23)17-18(13-8-14(20)15(21)9-16(13)22-17)27(24,25)12-6-10(2)5-11(3)7-12/h5-9,22H,4H2,1-3H3. The maximum absolute atomic E-state index is 13.8. The van der Waals surface area contributed by atoms with Crippen LogP contribution in [0.15, 0.2) is 40.1 Å². The molecule has 1 heterocycles. The van der Waals surface area contributed by atoms with E-state index < -0.39 is 21.6 Å². The zero-order chi connectivity index (χ0) is 19.9. The fourth-order valence-electron chi connectivity index (χ4n) is 3.00. The zero-order valence-electron chi connectivity index (χ0n) is 14.9. The van der Waals surface area contributed by atoms with Crippen LogP contribution in [0, 0.1) is 19.7 Å². The van der Waals surface area contributed by atoms with E-state index in [4.69, 9.17) is 16.3 Å². The van der Waals surface area contributed by atoms with Gasteiger partial charge in [0.1, 0.15) is 16.4 Å². The number of aryl methyl sites for hydroxylation is 2. The molecular weight excluding hydrogens is 393 g/mol. The van der Waals surface area contributed by atoms with Crippen LogP contribution in [0.3, 0.4) is 0 Å². The van der Waals surface area contributed by atoms with Crippen LogP contribution in [-0.2, 0) is 14.6 Å². The molecule has 27 heavy (non-hydrogen) atoms. The number of H-pyrrole nitrogens is 1. The van der Waals surface area contributed by atoms with E-state index >= 15 is 0 Å². The number of rotatable bonds is 4. The van der Waals surface area contributed by atoms with Crippen molar-refractivity contribution in [2.75, 3.05) is 6.61 Å². The molecule has 0 aliphatic carbocycles. The van der Waals surface area contributed by atoms with Gasteiger partial charge in [-0.25, -0.2) is 17.6 Å². The first-order valence-electron chi connectivity index (χ1n) is 8.16. The quantitative estimate of drug-likeness (QED) is 0.639. The predicted octanol–water partition coefficient (Wildman–Crippen LogP) is 4.59. The van der Waals surface area contributed by atoms with Crippen molar-refractivity contribution in [1.29, 1.82) is 0 Å². The highest BCUT2D eigenvalue weighted by Gasteiger charge is 2.31. The van der Waals surface area contributed by atoms with Crippen LogP contribution in [-0.4, -0.2) is 26.0 Å². The molecular formula is C19H17ClFNO4S. The summed E-state index contributed by atoms with van der Waals surface area (Å²) in [4.78, 5) is 14.8. The Kier molecular flexibility index (Phi) is 5.01. The van der Waals surface area contributed by atoms with Crippen LogP contribution < -0.4 is 0 Å². The van der Waals surface area contributed by atoms with Crippen LogP contribution >= 0.6 is 11.6 Å². The van der Waals surface area contributed by atoms with E-state index in [9.17, 15) is 17.6 Å². The third-order valence-electron chi connectivity index (χ3n) is 4.05. The summed E-state index contributed by atoms with van der Waals surface area (Å²) in [7, 11) is -4.10. The lowest BCUT2D eigenvalue weighted by Crippen LogP contribution is -2.12. The number of aromatic nitrogens is 1. The first-order chi connectivity index (χ1) is 12.6. The number of aromatic amines is 1. The van der Waals surface area contributed by atoms with Crippen LogP contribution in [0.25, 0.3) is 10.9 Å². The summed E-state index contributed by atoms with van der Waals surface area (Å²) >= 11 is 5.86. The van der Waals surface area contributed by atoms with E-state index in [0.717, 1.165) is 17.2 Å². The number of hydrogen-bond donors (Lipinski definition) is 1. The summed E-state index contributed by atoms with van der Waals surface area (Å²) in [6.07, 6.45) is 0. The van der Waals surface area contributed by atoms with E-state index in [2.05, 4.69) is 4.98 Å². The lowest BCUT2D eigenvalue weighted by Gasteiger charge is -2.09. The van der Waals surface area contributed by atoms with Gasteiger partial charge in [0.25, 0.3) is 0 Å². The van der Waals surface area contributed by atoms with Crippen LogP contribution in [0.4, 0.5) is 4.39 Å². The Morgan fingerprint density at radius 3 is 2.37 bits per heavy atom. The minimum Gasteiger partial charge on any atom is -0.461 e. The van der Waals surface area contributed by atoms with Crippen molar-refractivity contribution >= 4 is 38.3 Å². The molecule has 0 bridgehead atoms. The number of sulfone groups is 1. The number of fused-ring (bicyclic) bond motifs is 1. The molecule has 0 amide bonds. The first kappa shape index (κ1) is 19.4. The summed E-state index contributed by atoms with van der Waals surface area (Å²) in [5.41, 5.74) is 1.40. The van der Waals surface area contributed by atoms with E-state index in [1.54, 1.807) is 20.8 Å². The average Bonchev–Trinajstić information content (AvgIpc) is 2.93. The van der Waals surface area contributed by atoms with Gasteiger partial charge in [-0.1, -0.05) is 17.7 Å². The predicted molar refractivity (Wildman–Crippen MR) is 101 cm³/mol.